The van der Waals surface area contributed by atoms with Gasteiger partial charge in [0, 0.05) is 18.0 Å². The van der Waals surface area contributed by atoms with Gasteiger partial charge in [0.15, 0.2) is 0 Å². The van der Waals surface area contributed by atoms with Crippen molar-refractivity contribution in [3.8, 4) is 0 Å². The minimum atomic E-state index is -4.40. The number of nitrogens with one attached hydrogen (secondary N) is 1. The number of rotatable bonds is 7. The highest BCUT2D eigenvalue weighted by molar-refractivity contribution is 7.99. The second-order valence-electron chi connectivity index (χ2n) is 6.49. The molecule has 2 aromatic carbocycles. The molecule has 1 aliphatic rings. The Kier molecular flexibility index (Phi) is 7.21. The normalized spacial score (nSPS) is 16.2. The number of para-hydroxylation sites is 1. The van der Waals surface area contributed by atoms with Gasteiger partial charge in [-0.15, -0.1) is 11.8 Å². The number of halogens is 3. The van der Waals surface area contributed by atoms with Gasteiger partial charge in [-0.2, -0.15) is 17.5 Å². The molecule has 170 valence electrons. The fourth-order valence-electron chi connectivity index (χ4n) is 2.77. The summed E-state index contributed by atoms with van der Waals surface area (Å²) in [7, 11) is -7.93. The zero-order chi connectivity index (χ0) is 22.7. The maximum Gasteiger partial charge on any atom is 0.398 e. The number of benzene rings is 2. The van der Waals surface area contributed by atoms with Crippen LogP contribution in [0.25, 0.3) is 0 Å². The van der Waals surface area contributed by atoms with Crippen LogP contribution >= 0.6 is 11.8 Å². The third kappa shape index (κ3) is 6.13. The van der Waals surface area contributed by atoms with Gasteiger partial charge in [-0.25, -0.2) is 16.8 Å². The highest BCUT2D eigenvalue weighted by atomic mass is 32.2. The largest absolute Gasteiger partial charge is 0.398 e. The predicted molar refractivity (Wildman–Crippen MR) is 110 cm³/mol. The number of ether oxygens (including phenoxy) is 1. The summed E-state index contributed by atoms with van der Waals surface area (Å²) < 4.78 is 96.9. The summed E-state index contributed by atoms with van der Waals surface area (Å²) in [6.07, 6.45) is -4.40. The van der Waals surface area contributed by atoms with Crippen LogP contribution in [0.5, 0.6) is 0 Å². The van der Waals surface area contributed by atoms with E-state index in [2.05, 4.69) is 4.72 Å². The van der Waals surface area contributed by atoms with Crippen LogP contribution in [0.1, 0.15) is 0 Å². The molecule has 0 atom stereocenters. The van der Waals surface area contributed by atoms with Gasteiger partial charge in [0.1, 0.15) is 0 Å². The molecule has 0 saturated carbocycles. The standard InChI is InChI=1S/C18H19F3N2O5S3/c19-18(20,21)13-29-17-4-2-1-3-16(17)22-30(24,25)14-5-7-15(8-6-14)31(26,27)23-9-11-28-12-10-23/h1-8,22H,9-13H2. The van der Waals surface area contributed by atoms with Gasteiger partial charge >= 0.3 is 6.18 Å². The molecule has 1 N–H and O–H groups in total. The molecule has 0 radical (unpaired) electrons. The van der Waals surface area contributed by atoms with E-state index in [9.17, 15) is 30.0 Å². The lowest BCUT2D eigenvalue weighted by Gasteiger charge is -2.26. The highest BCUT2D eigenvalue weighted by Gasteiger charge is 2.29. The average Bonchev–Trinajstić information content (AvgIpc) is 2.73. The highest BCUT2D eigenvalue weighted by Crippen LogP contribution is 2.33. The van der Waals surface area contributed by atoms with E-state index in [-0.39, 0.29) is 46.7 Å². The van der Waals surface area contributed by atoms with Crippen LogP contribution < -0.4 is 4.72 Å². The lowest BCUT2D eigenvalue weighted by molar-refractivity contribution is -0.105. The first-order valence-corrected chi connectivity index (χ1v) is 12.9. The molecule has 1 aliphatic heterocycles. The van der Waals surface area contributed by atoms with Gasteiger partial charge in [-0.05, 0) is 36.4 Å². The van der Waals surface area contributed by atoms with Crippen molar-refractivity contribution in [2.24, 2.45) is 0 Å². The number of morpholine rings is 1. The molecular formula is C18H19F3N2O5S3. The van der Waals surface area contributed by atoms with Gasteiger partial charge < -0.3 is 4.74 Å². The number of alkyl halides is 3. The fourth-order valence-corrected chi connectivity index (χ4v) is 6.09. The molecule has 31 heavy (non-hydrogen) atoms. The molecular weight excluding hydrogens is 477 g/mol. The first-order valence-electron chi connectivity index (χ1n) is 8.98. The minimum absolute atomic E-state index is 0.00163. The number of hydrogen-bond acceptors (Lipinski definition) is 6. The smallest absolute Gasteiger partial charge is 0.379 e. The Morgan fingerprint density at radius 1 is 0.935 bits per heavy atom. The monoisotopic (exact) mass is 496 g/mol. The SMILES string of the molecule is O=S(=O)(Nc1ccccc1SCC(F)(F)F)c1ccc(S(=O)(=O)N2CCOCC2)cc1. The van der Waals surface area contributed by atoms with E-state index in [0.29, 0.717) is 11.8 Å². The number of thioether (sulfide) groups is 1. The molecule has 0 aliphatic carbocycles. The molecule has 13 heteroatoms. The van der Waals surface area contributed by atoms with Crippen LogP contribution in [0.15, 0.2) is 63.2 Å². The lowest BCUT2D eigenvalue weighted by Crippen LogP contribution is -2.40. The molecule has 0 amide bonds. The van der Waals surface area contributed by atoms with E-state index >= 15 is 0 Å². The van der Waals surface area contributed by atoms with Crippen molar-refractivity contribution in [2.45, 2.75) is 20.9 Å². The number of anilines is 1. The molecule has 0 aromatic heterocycles. The Labute approximate surface area is 182 Å². The van der Waals surface area contributed by atoms with Crippen LogP contribution in [0.3, 0.4) is 0 Å². The Balaban J connectivity index is 1.79. The Hall–Kier alpha value is -1.80. The molecule has 0 unspecified atom stereocenters. The quantitative estimate of drug-likeness (QED) is 0.592. The first-order chi connectivity index (χ1) is 14.5. The van der Waals surface area contributed by atoms with Crippen LogP contribution in [-0.2, 0) is 24.8 Å². The van der Waals surface area contributed by atoms with Crippen LogP contribution in [-0.4, -0.2) is 59.4 Å². The van der Waals surface area contributed by atoms with Gasteiger partial charge in [-0.3, -0.25) is 4.72 Å². The second kappa shape index (κ2) is 9.36. The predicted octanol–water partition coefficient (Wildman–Crippen LogP) is 3.16. The Morgan fingerprint density at radius 3 is 2.13 bits per heavy atom. The number of nitrogens with zero attached hydrogens (tertiary/aromatic N) is 1. The van der Waals surface area contributed by atoms with E-state index in [0.717, 1.165) is 12.1 Å². The number of sulfonamides is 2. The second-order valence-corrected chi connectivity index (χ2v) is 11.1. The third-order valence-electron chi connectivity index (χ3n) is 4.26. The van der Waals surface area contributed by atoms with Crippen molar-refractivity contribution in [1.82, 2.24) is 4.31 Å². The molecule has 2 aromatic rings. The van der Waals surface area contributed by atoms with Crippen molar-refractivity contribution >= 4 is 37.5 Å². The summed E-state index contributed by atoms with van der Waals surface area (Å²) >= 11 is 0.464. The van der Waals surface area contributed by atoms with E-state index in [1.807, 2.05) is 0 Å². The van der Waals surface area contributed by atoms with E-state index in [1.165, 1.54) is 40.7 Å². The lowest BCUT2D eigenvalue weighted by atomic mass is 10.3. The topological polar surface area (TPSA) is 92.8 Å². The zero-order valence-electron chi connectivity index (χ0n) is 16.0. The summed E-state index contributed by atoms with van der Waals surface area (Å²) in [5.74, 6) is -1.17. The van der Waals surface area contributed by atoms with Crippen LogP contribution in [0.2, 0.25) is 0 Å². The van der Waals surface area contributed by atoms with E-state index < -0.39 is 32.0 Å². The van der Waals surface area contributed by atoms with Crippen molar-refractivity contribution in [3.05, 3.63) is 48.5 Å². The Bertz CT molecular complexity index is 1110. The van der Waals surface area contributed by atoms with Gasteiger partial charge in [0.25, 0.3) is 10.0 Å². The molecule has 7 nitrogen and oxygen atoms in total. The summed E-state index contributed by atoms with van der Waals surface area (Å²) in [6, 6.07) is 10.4. The van der Waals surface area contributed by atoms with Crippen molar-refractivity contribution in [3.63, 3.8) is 0 Å². The molecule has 1 fully saturated rings. The maximum absolute atomic E-state index is 12.7. The van der Waals surface area contributed by atoms with E-state index in [4.69, 9.17) is 4.74 Å². The molecule has 1 saturated heterocycles. The van der Waals surface area contributed by atoms with Crippen molar-refractivity contribution < 1.29 is 34.7 Å². The average molecular weight is 497 g/mol. The summed E-state index contributed by atoms with van der Waals surface area (Å²) in [5.41, 5.74) is 0.00163. The Morgan fingerprint density at radius 2 is 1.52 bits per heavy atom. The van der Waals surface area contributed by atoms with Gasteiger partial charge in [-0.1, -0.05) is 12.1 Å². The number of hydrogen-bond donors (Lipinski definition) is 1. The van der Waals surface area contributed by atoms with Crippen molar-refractivity contribution in [2.75, 3.05) is 36.8 Å². The molecule has 0 spiro atoms. The third-order valence-corrected chi connectivity index (χ3v) is 8.70. The fraction of sp³-hybridized carbons (Fsp3) is 0.333. The van der Waals surface area contributed by atoms with Gasteiger partial charge in [0.2, 0.25) is 10.0 Å². The summed E-state index contributed by atoms with van der Waals surface area (Å²) in [6.45, 7) is 0.968. The van der Waals surface area contributed by atoms with Gasteiger partial charge in [0.05, 0.1) is 34.4 Å². The van der Waals surface area contributed by atoms with E-state index in [1.54, 1.807) is 0 Å². The minimum Gasteiger partial charge on any atom is -0.379 e. The first kappa shape index (κ1) is 23.9. The molecule has 1 heterocycles. The summed E-state index contributed by atoms with van der Waals surface area (Å²) in [4.78, 5) is -0.159. The zero-order valence-corrected chi connectivity index (χ0v) is 18.5. The summed E-state index contributed by atoms with van der Waals surface area (Å²) in [5, 5.41) is 0. The molecule has 3 rings (SSSR count). The molecule has 0 bridgehead atoms. The van der Waals surface area contributed by atoms with Crippen LogP contribution in [0, 0.1) is 0 Å². The maximum atomic E-state index is 12.7. The van der Waals surface area contributed by atoms with Crippen LogP contribution in [0.4, 0.5) is 18.9 Å². The van der Waals surface area contributed by atoms with Crippen molar-refractivity contribution in [1.29, 1.82) is 0 Å².